The van der Waals surface area contributed by atoms with Crippen LogP contribution in [0.2, 0.25) is 0 Å². The Morgan fingerprint density at radius 3 is 2.65 bits per heavy atom. The molecule has 0 aliphatic carbocycles. The normalized spacial score (nSPS) is 19.7. The second-order valence-electron chi connectivity index (χ2n) is 6.83. The predicted octanol–water partition coefficient (Wildman–Crippen LogP) is 2.03. The lowest BCUT2D eigenvalue weighted by Gasteiger charge is -2.22. The van der Waals surface area contributed by atoms with Gasteiger partial charge in [-0.2, -0.15) is 0 Å². The smallest absolute Gasteiger partial charge is 0.234 e. The molecule has 0 unspecified atom stereocenters. The minimum Gasteiger partial charge on any atom is -0.379 e. The third-order valence-electron chi connectivity index (χ3n) is 4.57. The molecule has 1 aromatic carbocycles. The highest BCUT2D eigenvalue weighted by molar-refractivity contribution is 5.78. The number of amides is 1. The molecule has 138 valence electrons. The Hall–Kier alpha value is -2.31. The Balaban J connectivity index is 1.48. The summed E-state index contributed by atoms with van der Waals surface area (Å²) in [7, 11) is 1.88. The minimum absolute atomic E-state index is 0.0230. The highest BCUT2D eigenvalue weighted by atomic mass is 19.1. The number of hydrogen-bond donors (Lipinski definition) is 1. The molecule has 0 spiro atoms. The van der Waals surface area contributed by atoms with Gasteiger partial charge in [0.05, 0.1) is 25.8 Å². The molecule has 0 radical (unpaired) electrons. The topological polar surface area (TPSA) is 54.5 Å². The maximum absolute atomic E-state index is 13.0. The molecule has 1 N–H and O–H groups in total. The molecule has 1 aliphatic heterocycles. The van der Waals surface area contributed by atoms with Crippen LogP contribution in [0, 0.1) is 11.7 Å². The molecular weight excluding hydrogens is 333 g/mol. The highest BCUT2D eigenvalue weighted by Crippen LogP contribution is 2.19. The first-order valence-corrected chi connectivity index (χ1v) is 8.79. The van der Waals surface area contributed by atoms with Crippen molar-refractivity contribution in [2.45, 2.75) is 19.0 Å². The number of nitrogens with one attached hydrogen (secondary N) is 1. The number of hydrogen-bond acceptors (Lipinski definition) is 4. The van der Waals surface area contributed by atoms with Gasteiger partial charge in [0.2, 0.25) is 5.91 Å². The maximum atomic E-state index is 13.0. The highest BCUT2D eigenvalue weighted by Gasteiger charge is 2.29. The van der Waals surface area contributed by atoms with Crippen LogP contribution in [-0.2, 0) is 22.5 Å². The second-order valence-corrected chi connectivity index (χ2v) is 6.83. The molecule has 6 heteroatoms. The zero-order valence-corrected chi connectivity index (χ0v) is 14.9. The third-order valence-corrected chi connectivity index (χ3v) is 4.57. The van der Waals surface area contributed by atoms with Crippen molar-refractivity contribution in [3.63, 3.8) is 0 Å². The van der Waals surface area contributed by atoms with Crippen LogP contribution in [0.15, 0.2) is 48.8 Å². The fraction of sp³-hybridized carbons (Fsp3) is 0.400. The van der Waals surface area contributed by atoms with E-state index in [1.807, 2.05) is 24.1 Å². The first-order chi connectivity index (χ1) is 12.6. The molecule has 1 aliphatic rings. The molecular formula is C20H24FN3O2. The number of likely N-dealkylation sites (N-methyl/N-ethyl adjacent to an activating group) is 1. The van der Waals surface area contributed by atoms with E-state index in [2.05, 4.69) is 10.3 Å². The molecule has 0 saturated carbocycles. The summed E-state index contributed by atoms with van der Waals surface area (Å²) >= 11 is 0. The largest absolute Gasteiger partial charge is 0.379 e. The van der Waals surface area contributed by atoms with E-state index in [0.29, 0.717) is 19.8 Å². The molecule has 5 nitrogen and oxygen atoms in total. The van der Waals surface area contributed by atoms with Crippen molar-refractivity contribution in [3.05, 3.63) is 65.7 Å². The summed E-state index contributed by atoms with van der Waals surface area (Å²) in [6.07, 6.45) is 4.42. The van der Waals surface area contributed by atoms with Crippen molar-refractivity contribution in [2.24, 2.45) is 5.92 Å². The summed E-state index contributed by atoms with van der Waals surface area (Å²) < 4.78 is 18.5. The number of rotatable bonds is 7. The van der Waals surface area contributed by atoms with Crippen LogP contribution in [-0.4, -0.2) is 48.6 Å². The van der Waals surface area contributed by atoms with Crippen LogP contribution in [0.4, 0.5) is 4.39 Å². The Morgan fingerprint density at radius 1 is 1.19 bits per heavy atom. The summed E-state index contributed by atoms with van der Waals surface area (Å²) in [6.45, 7) is 2.08. The predicted molar refractivity (Wildman–Crippen MR) is 96.9 cm³/mol. The number of benzene rings is 1. The van der Waals surface area contributed by atoms with Gasteiger partial charge < -0.3 is 10.1 Å². The Morgan fingerprint density at radius 2 is 1.92 bits per heavy atom. The van der Waals surface area contributed by atoms with Gasteiger partial charge in [-0.15, -0.1) is 0 Å². The van der Waals surface area contributed by atoms with Crippen LogP contribution in [0.1, 0.15) is 11.1 Å². The quantitative estimate of drug-likeness (QED) is 0.824. The molecule has 2 aromatic rings. The van der Waals surface area contributed by atoms with Gasteiger partial charge in [-0.3, -0.25) is 14.7 Å². The summed E-state index contributed by atoms with van der Waals surface area (Å²) in [6, 6.07) is 10.3. The van der Waals surface area contributed by atoms with Crippen molar-refractivity contribution in [3.8, 4) is 0 Å². The van der Waals surface area contributed by atoms with E-state index in [1.165, 1.54) is 17.7 Å². The molecule has 1 saturated heterocycles. The van der Waals surface area contributed by atoms with E-state index in [9.17, 15) is 9.18 Å². The average Bonchev–Trinajstić information content (AvgIpc) is 3.04. The lowest BCUT2D eigenvalue weighted by molar-refractivity contribution is -0.123. The van der Waals surface area contributed by atoms with E-state index in [-0.39, 0.29) is 30.2 Å². The fourth-order valence-electron chi connectivity index (χ4n) is 3.24. The van der Waals surface area contributed by atoms with Crippen LogP contribution >= 0.6 is 0 Å². The number of nitrogens with zero attached hydrogens (tertiary/aromatic N) is 2. The monoisotopic (exact) mass is 357 g/mol. The second kappa shape index (κ2) is 8.87. The van der Waals surface area contributed by atoms with Gasteiger partial charge >= 0.3 is 0 Å². The standard InChI is InChI=1S/C20H24FN3O2/c1-24(11-16-2-4-18(21)5-3-16)12-20(25)23-19-14-26-13-17(19)10-15-6-8-22-9-7-15/h2-9,17,19H,10-14H2,1H3,(H,23,25)/t17-,19+/m1/s1. The van der Waals surface area contributed by atoms with E-state index in [0.717, 1.165) is 12.0 Å². The van der Waals surface area contributed by atoms with E-state index < -0.39 is 0 Å². The number of aromatic nitrogens is 1. The van der Waals surface area contributed by atoms with Crippen molar-refractivity contribution in [2.75, 3.05) is 26.8 Å². The summed E-state index contributed by atoms with van der Waals surface area (Å²) in [5, 5.41) is 3.09. The molecule has 0 bridgehead atoms. The SMILES string of the molecule is CN(CC(=O)N[C@H]1COC[C@H]1Cc1ccncc1)Cc1ccc(F)cc1. The van der Waals surface area contributed by atoms with Crippen LogP contribution in [0.5, 0.6) is 0 Å². The molecule has 2 atom stereocenters. The molecule has 1 aromatic heterocycles. The molecule has 1 fully saturated rings. The Labute approximate surface area is 153 Å². The first kappa shape index (κ1) is 18.5. The Bertz CT molecular complexity index is 709. The van der Waals surface area contributed by atoms with Gasteiger partial charge in [0.15, 0.2) is 0 Å². The van der Waals surface area contributed by atoms with Gasteiger partial charge in [0, 0.05) is 24.9 Å². The van der Waals surface area contributed by atoms with Crippen molar-refractivity contribution in [1.29, 1.82) is 0 Å². The maximum Gasteiger partial charge on any atom is 0.234 e. The van der Waals surface area contributed by atoms with E-state index >= 15 is 0 Å². The van der Waals surface area contributed by atoms with Crippen molar-refractivity contribution in [1.82, 2.24) is 15.2 Å². The zero-order valence-electron chi connectivity index (χ0n) is 14.9. The zero-order chi connectivity index (χ0) is 18.4. The molecule has 1 amide bonds. The van der Waals surface area contributed by atoms with Gasteiger partial charge in [-0.25, -0.2) is 4.39 Å². The van der Waals surface area contributed by atoms with Crippen molar-refractivity contribution < 1.29 is 13.9 Å². The average molecular weight is 357 g/mol. The minimum atomic E-state index is -0.254. The number of ether oxygens (including phenoxy) is 1. The van der Waals surface area contributed by atoms with Crippen LogP contribution in [0.25, 0.3) is 0 Å². The summed E-state index contributed by atoms with van der Waals surface area (Å²) in [4.78, 5) is 18.3. The molecule has 3 rings (SSSR count). The van der Waals surface area contributed by atoms with Crippen molar-refractivity contribution >= 4 is 5.91 Å². The lowest BCUT2D eigenvalue weighted by atomic mass is 9.95. The summed E-state index contributed by atoms with van der Waals surface area (Å²) in [5.41, 5.74) is 2.17. The Kier molecular flexibility index (Phi) is 6.30. The van der Waals surface area contributed by atoms with Gasteiger partial charge in [-0.05, 0) is 48.9 Å². The van der Waals surface area contributed by atoms with Crippen LogP contribution in [0.3, 0.4) is 0 Å². The van der Waals surface area contributed by atoms with Crippen LogP contribution < -0.4 is 5.32 Å². The van der Waals surface area contributed by atoms with E-state index in [4.69, 9.17) is 4.74 Å². The van der Waals surface area contributed by atoms with E-state index in [1.54, 1.807) is 24.5 Å². The van der Waals surface area contributed by atoms with Gasteiger partial charge in [0.1, 0.15) is 5.82 Å². The number of halogens is 1. The fourth-order valence-corrected chi connectivity index (χ4v) is 3.24. The third kappa shape index (κ3) is 5.34. The number of carbonyl (C=O) groups is 1. The summed E-state index contributed by atoms with van der Waals surface area (Å²) in [5.74, 6) is -0.00999. The van der Waals surface area contributed by atoms with Gasteiger partial charge in [-0.1, -0.05) is 12.1 Å². The number of carbonyl (C=O) groups excluding carboxylic acids is 1. The molecule has 2 heterocycles. The molecule has 26 heavy (non-hydrogen) atoms. The number of pyridine rings is 1. The van der Waals surface area contributed by atoms with Gasteiger partial charge in [0.25, 0.3) is 0 Å². The lowest BCUT2D eigenvalue weighted by Crippen LogP contribution is -2.44. The first-order valence-electron chi connectivity index (χ1n) is 8.79.